The molecule has 288 valence electrons. The lowest BCUT2D eigenvalue weighted by molar-refractivity contribution is -0.143. The molecule has 0 bridgehead atoms. The van der Waals surface area contributed by atoms with E-state index in [1.807, 2.05) is 44.2 Å². The maximum atomic E-state index is 13.8. The highest BCUT2D eigenvalue weighted by atomic mass is 16.4. The summed E-state index contributed by atoms with van der Waals surface area (Å²) in [4.78, 5) is 95.2. The van der Waals surface area contributed by atoms with Gasteiger partial charge >= 0.3 is 5.97 Å². The predicted octanol–water partition coefficient (Wildman–Crippen LogP) is -2.04. The number of guanidine groups is 1. The van der Waals surface area contributed by atoms with Crippen molar-refractivity contribution in [2.45, 2.75) is 108 Å². The monoisotopic (exact) mass is 730 g/mol. The Balaban J connectivity index is 2.12. The maximum Gasteiger partial charge on any atom is 0.326 e. The van der Waals surface area contributed by atoms with Crippen LogP contribution in [0.25, 0.3) is 0 Å². The van der Waals surface area contributed by atoms with Crippen LogP contribution in [-0.2, 0) is 40.0 Å². The summed E-state index contributed by atoms with van der Waals surface area (Å²) in [6.45, 7) is 5.40. The Labute approximate surface area is 303 Å². The number of aliphatic carboxylic acids is 1. The standard InChI is InChI=1S/C34H54N10O8/c1-19(2)17-25(30(48)40-20(3)28(46)42-24(33(51)52)11-7-15-39-34(37)38)43-31(49)26-12-8-16-44(26)32(50)23(13-14-27(36)45)41-29(47)22(35)18-21-9-5-4-6-10-21/h4-6,9-10,19-20,22-26H,7-8,11-18,35H2,1-3H3,(H2,36,45)(H,40,48)(H,41,47)(H,42,46)(H,43,49)(H,51,52)(H4,37,38,39)/t20-,22-,23-,24-,25-,26-/m0/s1. The number of carbonyl (C=O) groups excluding carboxylic acids is 6. The average molecular weight is 731 g/mol. The van der Waals surface area contributed by atoms with Crippen molar-refractivity contribution in [1.29, 1.82) is 0 Å². The molecule has 1 aliphatic heterocycles. The number of carbonyl (C=O) groups is 7. The van der Waals surface area contributed by atoms with E-state index in [1.54, 1.807) is 0 Å². The molecule has 52 heavy (non-hydrogen) atoms. The van der Waals surface area contributed by atoms with Crippen LogP contribution in [0.15, 0.2) is 35.3 Å². The highest BCUT2D eigenvalue weighted by Crippen LogP contribution is 2.21. The fourth-order valence-corrected chi connectivity index (χ4v) is 5.69. The Bertz CT molecular complexity index is 1440. The van der Waals surface area contributed by atoms with E-state index in [0.717, 1.165) is 5.56 Å². The Morgan fingerprint density at radius 2 is 1.52 bits per heavy atom. The average Bonchev–Trinajstić information content (AvgIpc) is 3.57. The topological polar surface area (TPSA) is 308 Å². The molecule has 13 N–H and O–H groups in total. The van der Waals surface area contributed by atoms with Gasteiger partial charge in [-0.05, 0) is 63.4 Å². The van der Waals surface area contributed by atoms with Crippen molar-refractivity contribution in [3.8, 4) is 0 Å². The number of rotatable bonds is 21. The molecule has 0 saturated carbocycles. The SMILES string of the molecule is CC(C)C[C@H](NC(=O)[C@@H]1CCCN1C(=O)[C@H](CCC(N)=O)NC(=O)[C@@H](N)Cc1ccccc1)C(=O)N[C@@H](C)C(=O)N[C@@H](CCCN=C(N)N)C(=O)O. The summed E-state index contributed by atoms with van der Waals surface area (Å²) in [6, 6.07) is 2.39. The molecule has 1 aliphatic rings. The number of benzene rings is 1. The zero-order chi connectivity index (χ0) is 39.0. The van der Waals surface area contributed by atoms with E-state index in [9.17, 15) is 38.7 Å². The normalized spacial score (nSPS) is 16.8. The second-order valence-electron chi connectivity index (χ2n) is 13.3. The number of nitrogens with two attached hydrogens (primary N) is 4. The summed E-state index contributed by atoms with van der Waals surface area (Å²) in [5.74, 6) is -5.42. The van der Waals surface area contributed by atoms with E-state index in [1.165, 1.54) is 11.8 Å². The van der Waals surface area contributed by atoms with E-state index in [-0.39, 0.29) is 69.9 Å². The second-order valence-corrected chi connectivity index (χ2v) is 13.3. The van der Waals surface area contributed by atoms with Crippen molar-refractivity contribution in [3.05, 3.63) is 35.9 Å². The molecular formula is C34H54N10O8. The molecule has 1 aromatic rings. The highest BCUT2D eigenvalue weighted by molar-refractivity contribution is 5.96. The molecule has 1 fully saturated rings. The fraction of sp³-hybridized carbons (Fsp3) is 0.588. The number of carboxylic acid groups (broad SMARTS) is 1. The zero-order valence-corrected chi connectivity index (χ0v) is 30.0. The lowest BCUT2D eigenvalue weighted by atomic mass is 10.0. The summed E-state index contributed by atoms with van der Waals surface area (Å²) >= 11 is 0. The summed E-state index contributed by atoms with van der Waals surface area (Å²) in [5, 5.41) is 19.8. The van der Waals surface area contributed by atoms with Gasteiger partial charge in [-0.2, -0.15) is 0 Å². The summed E-state index contributed by atoms with van der Waals surface area (Å²) in [7, 11) is 0. The van der Waals surface area contributed by atoms with E-state index >= 15 is 0 Å². The molecular weight excluding hydrogens is 676 g/mol. The van der Waals surface area contributed by atoms with Crippen molar-refractivity contribution in [1.82, 2.24) is 26.2 Å². The summed E-state index contributed by atoms with van der Waals surface area (Å²) in [5.41, 5.74) is 22.9. The minimum atomic E-state index is -1.27. The van der Waals surface area contributed by atoms with Crippen LogP contribution >= 0.6 is 0 Å². The smallest absolute Gasteiger partial charge is 0.326 e. The first-order valence-electron chi connectivity index (χ1n) is 17.4. The van der Waals surface area contributed by atoms with Crippen LogP contribution in [0, 0.1) is 5.92 Å². The van der Waals surface area contributed by atoms with Gasteiger partial charge in [0.15, 0.2) is 5.96 Å². The van der Waals surface area contributed by atoms with Crippen molar-refractivity contribution in [2.75, 3.05) is 13.1 Å². The predicted molar refractivity (Wildman–Crippen MR) is 192 cm³/mol. The first kappa shape index (κ1) is 42.9. The largest absolute Gasteiger partial charge is 0.480 e. The van der Waals surface area contributed by atoms with Gasteiger partial charge in [0.2, 0.25) is 35.4 Å². The minimum Gasteiger partial charge on any atom is -0.480 e. The molecule has 0 radical (unpaired) electrons. The number of likely N-dealkylation sites (tertiary alicyclic amines) is 1. The third-order valence-electron chi connectivity index (χ3n) is 8.42. The van der Waals surface area contributed by atoms with Crippen molar-refractivity contribution < 1.29 is 38.7 Å². The Morgan fingerprint density at radius 3 is 2.12 bits per heavy atom. The number of nitrogens with one attached hydrogen (secondary N) is 4. The molecule has 18 nitrogen and oxygen atoms in total. The van der Waals surface area contributed by atoms with E-state index in [2.05, 4.69) is 26.3 Å². The number of nitrogens with zero attached hydrogens (tertiary/aromatic N) is 2. The van der Waals surface area contributed by atoms with Gasteiger partial charge in [-0.25, -0.2) is 4.79 Å². The molecule has 0 spiro atoms. The van der Waals surface area contributed by atoms with Gasteiger partial charge in [0.25, 0.3) is 0 Å². The van der Waals surface area contributed by atoms with Gasteiger partial charge in [-0.15, -0.1) is 0 Å². The van der Waals surface area contributed by atoms with Crippen LogP contribution in [0.5, 0.6) is 0 Å². The lowest BCUT2D eigenvalue weighted by Gasteiger charge is -2.30. The molecule has 6 amide bonds. The van der Waals surface area contributed by atoms with Gasteiger partial charge in [0.05, 0.1) is 6.04 Å². The molecule has 0 aromatic heterocycles. The number of primary amides is 1. The Morgan fingerprint density at radius 1 is 0.865 bits per heavy atom. The summed E-state index contributed by atoms with van der Waals surface area (Å²) in [6.07, 6.45) is 1.13. The fourth-order valence-electron chi connectivity index (χ4n) is 5.69. The minimum absolute atomic E-state index is 0.0364. The molecule has 0 aliphatic carbocycles. The third kappa shape index (κ3) is 14.5. The zero-order valence-electron chi connectivity index (χ0n) is 30.0. The van der Waals surface area contributed by atoms with Crippen molar-refractivity contribution in [3.63, 3.8) is 0 Å². The highest BCUT2D eigenvalue weighted by Gasteiger charge is 2.39. The molecule has 2 rings (SSSR count). The summed E-state index contributed by atoms with van der Waals surface area (Å²) < 4.78 is 0. The van der Waals surface area contributed by atoms with Crippen LogP contribution in [0.4, 0.5) is 0 Å². The van der Waals surface area contributed by atoms with E-state index < -0.39 is 77.7 Å². The Kier molecular flexibility index (Phi) is 17.5. The lowest BCUT2D eigenvalue weighted by Crippen LogP contribution is -2.59. The molecule has 1 saturated heterocycles. The second kappa shape index (κ2) is 21.2. The first-order valence-corrected chi connectivity index (χ1v) is 17.4. The van der Waals surface area contributed by atoms with E-state index in [0.29, 0.717) is 6.42 Å². The van der Waals surface area contributed by atoms with E-state index in [4.69, 9.17) is 22.9 Å². The van der Waals surface area contributed by atoms with Crippen molar-refractivity contribution >= 4 is 47.4 Å². The number of hydrogen-bond acceptors (Lipinski definition) is 9. The number of amides is 6. The van der Waals surface area contributed by atoms with Crippen LogP contribution in [-0.4, -0.2) is 107 Å². The van der Waals surface area contributed by atoms with Gasteiger partial charge in [-0.3, -0.25) is 33.8 Å². The van der Waals surface area contributed by atoms with Crippen LogP contribution < -0.4 is 44.2 Å². The quantitative estimate of drug-likeness (QED) is 0.0377. The molecule has 1 aromatic carbocycles. The van der Waals surface area contributed by atoms with Gasteiger partial charge in [0.1, 0.15) is 30.2 Å². The van der Waals surface area contributed by atoms with Gasteiger partial charge < -0.3 is 54.2 Å². The number of aliphatic imine (C=N–C) groups is 1. The van der Waals surface area contributed by atoms with Crippen molar-refractivity contribution in [2.24, 2.45) is 33.8 Å². The Hall–Kier alpha value is -5.26. The van der Waals surface area contributed by atoms with Crippen LogP contribution in [0.3, 0.4) is 0 Å². The molecule has 0 unspecified atom stereocenters. The van der Waals surface area contributed by atoms with Gasteiger partial charge in [0, 0.05) is 19.5 Å². The third-order valence-corrected chi connectivity index (χ3v) is 8.42. The van der Waals surface area contributed by atoms with Crippen LogP contribution in [0.2, 0.25) is 0 Å². The first-order chi connectivity index (χ1) is 24.5. The van der Waals surface area contributed by atoms with Crippen LogP contribution in [0.1, 0.15) is 71.3 Å². The molecule has 6 atom stereocenters. The molecule has 18 heteroatoms. The maximum absolute atomic E-state index is 13.8. The number of carboxylic acids is 1. The molecule has 1 heterocycles. The van der Waals surface area contributed by atoms with Gasteiger partial charge in [-0.1, -0.05) is 44.2 Å². The number of hydrogen-bond donors (Lipinski definition) is 9.